The van der Waals surface area contributed by atoms with Gasteiger partial charge in [-0.15, -0.1) is 6.42 Å². The van der Waals surface area contributed by atoms with E-state index >= 15 is 0 Å². The fourth-order valence-electron chi connectivity index (χ4n) is 2.76. The van der Waals surface area contributed by atoms with Crippen LogP contribution in [-0.4, -0.2) is 35.7 Å². The average Bonchev–Trinajstić information content (AvgIpc) is 2.84. The summed E-state index contributed by atoms with van der Waals surface area (Å²) in [6, 6.07) is 2.46. The van der Waals surface area contributed by atoms with Gasteiger partial charge in [0, 0.05) is 18.7 Å². The number of carbonyl (C=O) groups is 1. The van der Waals surface area contributed by atoms with Crippen LogP contribution in [0, 0.1) is 18.2 Å². The van der Waals surface area contributed by atoms with Crippen LogP contribution < -0.4 is 10.1 Å². The van der Waals surface area contributed by atoms with E-state index in [2.05, 4.69) is 11.2 Å². The Balaban J connectivity index is 1.93. The highest BCUT2D eigenvalue weighted by Gasteiger charge is 2.40. The van der Waals surface area contributed by atoms with Crippen LogP contribution in [0.25, 0.3) is 0 Å². The maximum absolute atomic E-state index is 14.3. The van der Waals surface area contributed by atoms with E-state index in [-0.39, 0.29) is 17.7 Å². The Morgan fingerprint density at radius 3 is 3.00 bits per heavy atom. The third kappa shape index (κ3) is 2.58. The summed E-state index contributed by atoms with van der Waals surface area (Å²) in [7, 11) is 0. The molecular formula is C15H15ClFN3O2. The molecule has 0 spiro atoms. The van der Waals surface area contributed by atoms with E-state index in [1.54, 1.807) is 5.01 Å². The second-order valence-electron chi connectivity index (χ2n) is 5.14. The van der Waals surface area contributed by atoms with Crippen molar-refractivity contribution in [2.75, 3.05) is 19.7 Å². The molecule has 2 saturated heterocycles. The van der Waals surface area contributed by atoms with Crippen molar-refractivity contribution in [1.29, 1.82) is 0 Å². The van der Waals surface area contributed by atoms with Gasteiger partial charge in [0.25, 0.3) is 0 Å². The molecule has 0 radical (unpaired) electrons. The van der Waals surface area contributed by atoms with Crippen LogP contribution >= 0.6 is 11.6 Å². The number of benzene rings is 1. The third-order valence-electron chi connectivity index (χ3n) is 3.77. The number of carbonyl (C=O) groups excluding carboxylic acids is 1. The van der Waals surface area contributed by atoms with Crippen molar-refractivity contribution in [1.82, 2.24) is 15.3 Å². The minimum atomic E-state index is -0.557. The molecule has 7 heteroatoms. The van der Waals surface area contributed by atoms with E-state index in [1.165, 1.54) is 12.1 Å². The summed E-state index contributed by atoms with van der Waals surface area (Å²) in [5.74, 6) is 2.15. The minimum Gasteiger partial charge on any atom is -0.479 e. The van der Waals surface area contributed by atoms with Gasteiger partial charge < -0.3 is 10.1 Å². The van der Waals surface area contributed by atoms with Gasteiger partial charge in [-0.2, -0.15) is 5.01 Å². The Bertz CT molecular complexity index is 646. The van der Waals surface area contributed by atoms with Gasteiger partial charge in [0.2, 0.25) is 0 Å². The first kappa shape index (κ1) is 14.9. The molecule has 22 heavy (non-hydrogen) atoms. The van der Waals surface area contributed by atoms with Gasteiger partial charge in [-0.1, -0.05) is 17.5 Å². The van der Waals surface area contributed by atoms with E-state index < -0.39 is 12.0 Å². The summed E-state index contributed by atoms with van der Waals surface area (Å²) >= 11 is 5.97. The lowest BCUT2D eigenvalue weighted by Crippen LogP contribution is -2.44. The largest absolute Gasteiger partial charge is 0.479 e. The number of fused-ring (bicyclic) bond motifs is 1. The van der Waals surface area contributed by atoms with Gasteiger partial charge >= 0.3 is 6.03 Å². The van der Waals surface area contributed by atoms with Crippen LogP contribution in [0.3, 0.4) is 0 Å². The Labute approximate surface area is 132 Å². The summed E-state index contributed by atoms with van der Waals surface area (Å²) in [5.41, 5.74) is 0.314. The molecule has 1 aromatic rings. The van der Waals surface area contributed by atoms with Crippen LogP contribution in [0.1, 0.15) is 24.6 Å². The van der Waals surface area contributed by atoms with Crippen molar-refractivity contribution in [3.8, 4) is 18.1 Å². The molecular weight excluding hydrogens is 309 g/mol. The molecule has 1 atom stereocenters. The first-order valence-electron chi connectivity index (χ1n) is 7.01. The third-order valence-corrected chi connectivity index (χ3v) is 4.06. The Hall–Kier alpha value is -1.97. The molecule has 0 aromatic heterocycles. The van der Waals surface area contributed by atoms with Crippen molar-refractivity contribution >= 4 is 17.6 Å². The highest BCUT2D eigenvalue weighted by molar-refractivity contribution is 6.32. The van der Waals surface area contributed by atoms with Crippen LogP contribution in [0.15, 0.2) is 12.1 Å². The predicted octanol–water partition coefficient (Wildman–Crippen LogP) is 2.53. The van der Waals surface area contributed by atoms with E-state index in [0.717, 1.165) is 12.8 Å². The molecule has 1 aromatic carbocycles. The zero-order valence-electron chi connectivity index (χ0n) is 11.8. The molecule has 116 valence electrons. The first-order valence-corrected chi connectivity index (χ1v) is 7.39. The molecule has 1 unspecified atom stereocenters. The number of hydrogen-bond acceptors (Lipinski definition) is 3. The lowest BCUT2D eigenvalue weighted by atomic mass is 10.1. The summed E-state index contributed by atoms with van der Waals surface area (Å²) in [4.78, 5) is 12.0. The summed E-state index contributed by atoms with van der Waals surface area (Å²) < 4.78 is 19.6. The molecule has 3 rings (SSSR count). The number of rotatable bonds is 3. The van der Waals surface area contributed by atoms with E-state index in [1.807, 2.05) is 5.01 Å². The summed E-state index contributed by atoms with van der Waals surface area (Å²) in [6.45, 7) is 1.36. The van der Waals surface area contributed by atoms with Crippen molar-refractivity contribution in [3.63, 3.8) is 0 Å². The van der Waals surface area contributed by atoms with Crippen molar-refractivity contribution < 1.29 is 13.9 Å². The number of nitrogens with one attached hydrogen (secondary N) is 1. The van der Waals surface area contributed by atoms with E-state index in [9.17, 15) is 9.18 Å². The summed E-state index contributed by atoms with van der Waals surface area (Å²) in [6.07, 6.45) is 6.50. The molecule has 2 fully saturated rings. The molecule has 2 amide bonds. The van der Waals surface area contributed by atoms with Crippen LogP contribution in [0.2, 0.25) is 5.02 Å². The van der Waals surface area contributed by atoms with Crippen molar-refractivity contribution in [2.24, 2.45) is 0 Å². The average molecular weight is 324 g/mol. The number of ether oxygens (including phenoxy) is 1. The molecule has 0 bridgehead atoms. The van der Waals surface area contributed by atoms with Crippen LogP contribution in [0.4, 0.5) is 9.18 Å². The zero-order valence-corrected chi connectivity index (χ0v) is 12.6. The monoisotopic (exact) mass is 323 g/mol. The molecule has 0 saturated carbocycles. The van der Waals surface area contributed by atoms with E-state index in [4.69, 9.17) is 22.8 Å². The van der Waals surface area contributed by atoms with Crippen molar-refractivity contribution in [2.45, 2.75) is 19.0 Å². The van der Waals surface area contributed by atoms with Gasteiger partial charge in [-0.25, -0.2) is 9.18 Å². The highest BCUT2D eigenvalue weighted by Crippen LogP contribution is 2.35. The molecule has 0 aliphatic carbocycles. The molecule has 2 heterocycles. The number of amides is 2. The number of halogens is 2. The van der Waals surface area contributed by atoms with Crippen LogP contribution in [0.5, 0.6) is 5.75 Å². The second-order valence-corrected chi connectivity index (χ2v) is 5.55. The normalized spacial score (nSPS) is 21.2. The number of nitrogens with zero attached hydrogens (tertiary/aromatic N) is 2. The van der Waals surface area contributed by atoms with Crippen LogP contribution in [-0.2, 0) is 0 Å². The number of hydrogen-bond donors (Lipinski definition) is 1. The van der Waals surface area contributed by atoms with Gasteiger partial charge in [0.05, 0.1) is 5.02 Å². The molecule has 1 N–H and O–H groups in total. The quantitative estimate of drug-likeness (QED) is 0.869. The summed E-state index contributed by atoms with van der Waals surface area (Å²) in [5, 5.41) is 6.39. The lowest BCUT2D eigenvalue weighted by Gasteiger charge is -2.34. The Morgan fingerprint density at radius 2 is 2.23 bits per heavy atom. The lowest BCUT2D eigenvalue weighted by molar-refractivity contribution is -0.00927. The predicted molar refractivity (Wildman–Crippen MR) is 79.7 cm³/mol. The topological polar surface area (TPSA) is 44.8 Å². The number of terminal acetylenes is 1. The first-order chi connectivity index (χ1) is 10.6. The van der Waals surface area contributed by atoms with Gasteiger partial charge in [-0.3, -0.25) is 5.01 Å². The SMILES string of the molecule is C#CCOc1cc(C2NC(=O)N3CCCCN23)c(F)cc1Cl. The van der Waals surface area contributed by atoms with Crippen molar-refractivity contribution in [3.05, 3.63) is 28.5 Å². The second kappa shape index (κ2) is 6.03. The number of hydrazine groups is 1. The smallest absolute Gasteiger partial charge is 0.333 e. The Kier molecular flexibility index (Phi) is 4.10. The van der Waals surface area contributed by atoms with Gasteiger partial charge in [0.1, 0.15) is 24.3 Å². The minimum absolute atomic E-state index is 0.0393. The van der Waals surface area contributed by atoms with Gasteiger partial charge in [-0.05, 0) is 25.0 Å². The highest BCUT2D eigenvalue weighted by atomic mass is 35.5. The number of urea groups is 1. The maximum Gasteiger partial charge on any atom is 0.333 e. The van der Waals surface area contributed by atoms with Gasteiger partial charge in [0.15, 0.2) is 0 Å². The Morgan fingerprint density at radius 1 is 1.45 bits per heavy atom. The van der Waals surface area contributed by atoms with E-state index in [0.29, 0.717) is 24.4 Å². The molecule has 5 nitrogen and oxygen atoms in total. The molecule has 2 aliphatic heterocycles. The maximum atomic E-state index is 14.3. The zero-order chi connectivity index (χ0) is 15.7. The fourth-order valence-corrected chi connectivity index (χ4v) is 2.96. The standard InChI is InChI=1S/C15H15ClFN3O2/c1-2-7-22-13-8-10(12(17)9-11(13)16)14-18-15(21)20-6-4-3-5-19(14)20/h1,8-9,14H,3-7H2,(H,18,21). The molecule has 2 aliphatic rings. The fraction of sp³-hybridized carbons (Fsp3) is 0.400.